The van der Waals surface area contributed by atoms with Crippen LogP contribution in [0, 0.1) is 5.41 Å². The summed E-state index contributed by atoms with van der Waals surface area (Å²) in [6.45, 7) is 10.2. The van der Waals surface area contributed by atoms with E-state index in [-0.39, 0.29) is 63.4 Å². The highest BCUT2D eigenvalue weighted by molar-refractivity contribution is 7.91. The van der Waals surface area contributed by atoms with Crippen LogP contribution in [0.4, 0.5) is 10.5 Å². The fourth-order valence-corrected chi connectivity index (χ4v) is 6.76. The molecular weight excluding hydrogens is 548 g/mol. The number of carbonyl (C=O) groups excluding carboxylic acids is 2. The topological polar surface area (TPSA) is 129 Å². The van der Waals surface area contributed by atoms with Crippen molar-refractivity contribution in [3.8, 4) is 5.75 Å². The van der Waals surface area contributed by atoms with Gasteiger partial charge in [0.25, 0.3) is 5.91 Å². The van der Waals surface area contributed by atoms with E-state index >= 15 is 0 Å². The van der Waals surface area contributed by atoms with Crippen LogP contribution < -0.4 is 15.1 Å². The maximum atomic E-state index is 13.8. The molecule has 3 rings (SSSR count). The fourth-order valence-electron chi connectivity index (χ4n) is 4.65. The molecule has 2 amide bonds. The Hall–Kier alpha value is -2.28. The number of unbranched alkanes of at least 4 members (excludes halogenated alkanes) is 1. The Kier molecular flexibility index (Phi) is 11.7. The van der Waals surface area contributed by atoms with Crippen LogP contribution in [-0.2, 0) is 19.6 Å². The summed E-state index contributed by atoms with van der Waals surface area (Å²) in [5.41, 5.74) is 2.33. The monoisotopic (exact) mass is 590 g/mol. The number of likely N-dealkylation sites (tertiary alicyclic amines) is 1. The molecule has 0 spiro atoms. The lowest BCUT2D eigenvalue weighted by Crippen LogP contribution is -2.64. The van der Waals surface area contributed by atoms with Crippen molar-refractivity contribution in [2.45, 2.75) is 58.1 Å². The van der Waals surface area contributed by atoms with Crippen molar-refractivity contribution in [2.24, 2.45) is 5.41 Å². The molecule has 1 aromatic carbocycles. The van der Waals surface area contributed by atoms with Crippen molar-refractivity contribution >= 4 is 40.1 Å². The summed E-state index contributed by atoms with van der Waals surface area (Å²) >= 11 is 0. The first-order valence-electron chi connectivity index (χ1n) is 13.3. The molecule has 2 aliphatic heterocycles. The van der Waals surface area contributed by atoms with E-state index < -0.39 is 26.8 Å². The van der Waals surface area contributed by atoms with E-state index in [1.54, 1.807) is 5.48 Å². The number of hydrogen-bond acceptors (Lipinski definition) is 8. The highest BCUT2D eigenvalue weighted by atomic mass is 35.5. The summed E-state index contributed by atoms with van der Waals surface area (Å²) in [7, 11) is -4.13. The summed E-state index contributed by atoms with van der Waals surface area (Å²) < 4.78 is 38.1. The van der Waals surface area contributed by atoms with Crippen LogP contribution >= 0.6 is 12.4 Å². The molecule has 2 fully saturated rings. The second kappa shape index (κ2) is 13.9. The van der Waals surface area contributed by atoms with E-state index in [1.807, 2.05) is 45.0 Å². The van der Waals surface area contributed by atoms with Crippen molar-refractivity contribution in [3.05, 3.63) is 24.3 Å². The van der Waals surface area contributed by atoms with Crippen LogP contribution in [0.15, 0.2) is 24.3 Å². The van der Waals surface area contributed by atoms with Crippen LogP contribution in [0.2, 0.25) is 0 Å². The first kappa shape index (κ1) is 32.9. The maximum Gasteiger partial charge on any atom is 0.409 e. The molecule has 0 bridgehead atoms. The highest BCUT2D eigenvalue weighted by Crippen LogP contribution is 2.35. The molecule has 11 nitrogen and oxygen atoms in total. The first-order valence-corrected chi connectivity index (χ1v) is 14.7. The standard InChI is InChI=1S/C26H42N4O7S.ClH/c1-5-6-19-36-22-9-7-21(8-10-22)28-15-17-30(18-16-28)38(34,35)26(23(31)27-33)11-13-29(14-12-26)24(32)37-20-25(2,3)4;/h7-10,33H,5-6,11-20H2,1-4H3,(H,27,31);1H. The molecule has 39 heavy (non-hydrogen) atoms. The number of piperazine rings is 1. The lowest BCUT2D eigenvalue weighted by molar-refractivity contribution is -0.133. The number of carbonyl (C=O) groups is 2. The molecule has 0 aliphatic carbocycles. The zero-order valence-corrected chi connectivity index (χ0v) is 25.0. The highest BCUT2D eigenvalue weighted by Gasteiger charge is 2.55. The van der Waals surface area contributed by atoms with E-state index in [2.05, 4.69) is 11.8 Å². The number of ether oxygens (including phenoxy) is 2. The summed E-state index contributed by atoms with van der Waals surface area (Å²) in [6, 6.07) is 7.74. The maximum absolute atomic E-state index is 13.8. The summed E-state index contributed by atoms with van der Waals surface area (Å²) in [6.07, 6.45) is 1.26. The van der Waals surface area contributed by atoms with E-state index in [4.69, 9.17) is 9.47 Å². The van der Waals surface area contributed by atoms with Crippen molar-refractivity contribution in [2.75, 3.05) is 57.4 Å². The number of piperidine rings is 1. The number of halogens is 1. The first-order chi connectivity index (χ1) is 17.9. The van der Waals surface area contributed by atoms with Gasteiger partial charge in [-0.15, -0.1) is 12.4 Å². The van der Waals surface area contributed by atoms with Gasteiger partial charge < -0.3 is 19.3 Å². The smallest absolute Gasteiger partial charge is 0.409 e. The minimum absolute atomic E-state index is 0. The summed E-state index contributed by atoms with van der Waals surface area (Å²) in [5.74, 6) is -0.171. The Morgan fingerprint density at radius 1 is 1.03 bits per heavy atom. The normalized spacial score (nSPS) is 18.2. The second-order valence-corrected chi connectivity index (χ2v) is 13.4. The second-order valence-electron chi connectivity index (χ2n) is 11.1. The van der Waals surface area contributed by atoms with Crippen molar-refractivity contribution in [1.82, 2.24) is 14.7 Å². The van der Waals surface area contributed by atoms with Gasteiger partial charge in [-0.3, -0.25) is 10.0 Å². The molecule has 2 aliphatic rings. The Morgan fingerprint density at radius 2 is 1.62 bits per heavy atom. The molecule has 13 heteroatoms. The number of nitrogens with zero attached hydrogens (tertiary/aromatic N) is 3. The molecule has 0 atom stereocenters. The number of amides is 2. The molecule has 0 aromatic heterocycles. The number of benzene rings is 1. The third kappa shape index (κ3) is 7.90. The number of sulfonamides is 1. The minimum Gasteiger partial charge on any atom is -0.494 e. The van der Waals surface area contributed by atoms with Gasteiger partial charge in [-0.05, 0) is 48.9 Å². The predicted molar refractivity (Wildman–Crippen MR) is 151 cm³/mol. The molecule has 2 N–H and O–H groups in total. The molecule has 2 saturated heterocycles. The Bertz CT molecular complexity index is 1050. The van der Waals surface area contributed by atoms with Gasteiger partial charge in [0.05, 0.1) is 13.2 Å². The third-order valence-electron chi connectivity index (χ3n) is 7.01. The van der Waals surface area contributed by atoms with Crippen LogP contribution in [0.5, 0.6) is 5.75 Å². The Morgan fingerprint density at radius 3 is 2.13 bits per heavy atom. The van der Waals surface area contributed by atoms with Gasteiger partial charge in [0.1, 0.15) is 5.75 Å². The van der Waals surface area contributed by atoms with Crippen LogP contribution in [0.1, 0.15) is 53.4 Å². The van der Waals surface area contributed by atoms with Gasteiger partial charge in [0.2, 0.25) is 10.0 Å². The van der Waals surface area contributed by atoms with Crippen LogP contribution in [0.3, 0.4) is 0 Å². The molecule has 2 heterocycles. The number of hydrogen-bond donors (Lipinski definition) is 2. The third-order valence-corrected chi connectivity index (χ3v) is 9.64. The average Bonchev–Trinajstić information content (AvgIpc) is 2.91. The molecular formula is C26H43ClN4O7S. The largest absolute Gasteiger partial charge is 0.494 e. The van der Waals surface area contributed by atoms with Crippen molar-refractivity contribution in [3.63, 3.8) is 0 Å². The average molecular weight is 591 g/mol. The van der Waals surface area contributed by atoms with Crippen molar-refractivity contribution < 1.29 is 32.7 Å². The number of anilines is 1. The summed E-state index contributed by atoms with van der Waals surface area (Å²) in [4.78, 5) is 28.8. The van der Waals surface area contributed by atoms with Crippen LogP contribution in [0.25, 0.3) is 0 Å². The number of nitrogens with one attached hydrogen (secondary N) is 1. The zero-order chi connectivity index (χ0) is 28.0. The van der Waals surface area contributed by atoms with Crippen molar-refractivity contribution in [1.29, 1.82) is 0 Å². The van der Waals surface area contributed by atoms with Gasteiger partial charge in [0, 0.05) is 45.0 Å². The van der Waals surface area contributed by atoms with E-state index in [9.17, 15) is 23.2 Å². The number of hydroxylamine groups is 1. The zero-order valence-electron chi connectivity index (χ0n) is 23.3. The number of rotatable bonds is 9. The van der Waals surface area contributed by atoms with Gasteiger partial charge >= 0.3 is 6.09 Å². The molecule has 0 unspecified atom stereocenters. The molecule has 0 saturated carbocycles. The SMILES string of the molecule is CCCCOc1ccc(N2CCN(S(=O)(=O)C3(C(=O)NO)CCN(C(=O)OCC(C)(C)C)CC3)CC2)cc1.Cl. The lowest BCUT2D eigenvalue weighted by atomic mass is 9.95. The minimum atomic E-state index is -4.13. The van der Waals surface area contributed by atoms with Gasteiger partial charge in [-0.2, -0.15) is 4.31 Å². The van der Waals surface area contributed by atoms with Crippen LogP contribution in [-0.4, -0.2) is 92.1 Å². The van der Waals surface area contributed by atoms with E-state index in [0.717, 1.165) is 24.3 Å². The molecule has 0 radical (unpaired) electrons. The van der Waals surface area contributed by atoms with Gasteiger partial charge in [-0.1, -0.05) is 34.1 Å². The van der Waals surface area contributed by atoms with E-state index in [1.165, 1.54) is 9.21 Å². The Balaban J connectivity index is 0.00000533. The lowest BCUT2D eigenvalue weighted by Gasteiger charge is -2.43. The van der Waals surface area contributed by atoms with E-state index in [0.29, 0.717) is 19.7 Å². The quantitative estimate of drug-likeness (QED) is 0.255. The van der Waals surface area contributed by atoms with Gasteiger partial charge in [0.15, 0.2) is 4.75 Å². The molecule has 222 valence electrons. The molecule has 1 aromatic rings. The summed E-state index contributed by atoms with van der Waals surface area (Å²) in [5, 5.41) is 9.44. The predicted octanol–water partition coefficient (Wildman–Crippen LogP) is 3.26. The Labute approximate surface area is 238 Å². The van der Waals surface area contributed by atoms with Gasteiger partial charge in [-0.25, -0.2) is 18.7 Å². The fraction of sp³-hybridized carbons (Fsp3) is 0.692.